The smallest absolute Gasteiger partial charge is 0.276 e. The normalized spacial score (nSPS) is 17.3. The third-order valence-corrected chi connectivity index (χ3v) is 5.26. The highest BCUT2D eigenvalue weighted by Gasteiger charge is 2.40. The molecule has 1 aliphatic rings. The molecule has 1 aromatic rings. The average Bonchev–Trinajstić information content (AvgIpc) is 2.94. The molecule has 8 nitrogen and oxygen atoms in total. The van der Waals surface area contributed by atoms with E-state index in [0.29, 0.717) is 26.3 Å². The molecule has 0 aliphatic carbocycles. The molecule has 1 N–H and O–H groups in total. The molecule has 0 atom stereocenters. The van der Waals surface area contributed by atoms with Gasteiger partial charge in [0.15, 0.2) is 0 Å². The van der Waals surface area contributed by atoms with E-state index in [4.69, 9.17) is 9.47 Å². The second-order valence-corrected chi connectivity index (χ2v) is 6.74. The van der Waals surface area contributed by atoms with Crippen molar-refractivity contribution in [1.29, 1.82) is 0 Å². The minimum atomic E-state index is -3.49. The second-order valence-electron chi connectivity index (χ2n) is 4.89. The van der Waals surface area contributed by atoms with Crippen LogP contribution in [0.1, 0.15) is 0 Å². The van der Waals surface area contributed by atoms with Gasteiger partial charge in [0, 0.05) is 58.8 Å². The largest absolute Gasteiger partial charge is 0.383 e. The lowest BCUT2D eigenvalue weighted by molar-refractivity contribution is 0.0410. The molecule has 2 heterocycles. The number of H-pyrrole nitrogens is 1. The van der Waals surface area contributed by atoms with Gasteiger partial charge in [0.2, 0.25) is 5.16 Å². The molecule has 0 aromatic carbocycles. The fourth-order valence-corrected chi connectivity index (χ4v) is 3.64. The van der Waals surface area contributed by atoms with Crippen LogP contribution in [0.2, 0.25) is 0 Å². The van der Waals surface area contributed by atoms with Gasteiger partial charge in [0.05, 0.1) is 13.2 Å². The van der Waals surface area contributed by atoms with Crippen molar-refractivity contribution in [3.8, 4) is 0 Å². The molecule has 0 radical (unpaired) electrons. The summed E-state index contributed by atoms with van der Waals surface area (Å²) in [6, 6.07) is 0.194. The lowest BCUT2D eigenvalue weighted by Gasteiger charge is -2.43. The second kappa shape index (κ2) is 7.32. The van der Waals surface area contributed by atoms with Gasteiger partial charge in [0.1, 0.15) is 0 Å². The molecule has 0 spiro atoms. The van der Waals surface area contributed by atoms with Gasteiger partial charge >= 0.3 is 0 Å². The predicted molar refractivity (Wildman–Crippen MR) is 76.5 cm³/mol. The Morgan fingerprint density at radius 1 is 1.33 bits per heavy atom. The first-order valence-electron chi connectivity index (χ1n) is 6.81. The number of aromatic amines is 1. The maximum Gasteiger partial charge on any atom is 0.276 e. The number of methoxy groups -OCH3 is 2. The van der Waals surface area contributed by atoms with Crippen LogP contribution in [-0.2, 0) is 19.5 Å². The summed E-state index contributed by atoms with van der Waals surface area (Å²) < 4.78 is 36.1. The number of nitrogens with one attached hydrogen (secondary N) is 1. The maximum atomic E-state index is 12.2. The van der Waals surface area contributed by atoms with Crippen LogP contribution in [0.3, 0.4) is 0 Å². The Morgan fingerprint density at radius 3 is 2.43 bits per heavy atom. The number of rotatable bonds is 9. The number of aromatic nitrogens is 2. The van der Waals surface area contributed by atoms with Crippen molar-refractivity contribution in [2.75, 3.05) is 53.6 Å². The molecular weight excluding hydrogens is 296 g/mol. The van der Waals surface area contributed by atoms with Crippen molar-refractivity contribution >= 4 is 10.0 Å². The Labute approximate surface area is 125 Å². The van der Waals surface area contributed by atoms with E-state index < -0.39 is 10.0 Å². The quantitative estimate of drug-likeness (QED) is 0.653. The topological polar surface area (TPSA) is 87.8 Å². The van der Waals surface area contributed by atoms with E-state index in [9.17, 15) is 8.42 Å². The van der Waals surface area contributed by atoms with E-state index in [1.54, 1.807) is 14.2 Å². The van der Waals surface area contributed by atoms with Gasteiger partial charge in [-0.1, -0.05) is 0 Å². The zero-order valence-electron chi connectivity index (χ0n) is 12.4. The Bertz CT molecular complexity index is 505. The molecule has 21 heavy (non-hydrogen) atoms. The summed E-state index contributed by atoms with van der Waals surface area (Å²) in [4.78, 5) is 8.66. The summed E-state index contributed by atoms with van der Waals surface area (Å²) in [7, 11) is -0.177. The molecule has 0 amide bonds. The standard InChI is InChI=1S/C12H22N4O4S/c1-19-7-5-15(6-8-20-2)11-9-16(10-11)21(17,18)12-13-3-4-14-12/h3-4,11H,5-10H2,1-2H3,(H,13,14). The van der Waals surface area contributed by atoms with Crippen molar-refractivity contribution in [3.05, 3.63) is 12.4 Å². The Morgan fingerprint density at radius 2 is 1.95 bits per heavy atom. The van der Waals surface area contributed by atoms with E-state index in [1.807, 2.05) is 0 Å². The van der Waals surface area contributed by atoms with Crippen LogP contribution in [0.4, 0.5) is 0 Å². The Kier molecular flexibility index (Phi) is 5.71. The van der Waals surface area contributed by atoms with E-state index in [1.165, 1.54) is 16.7 Å². The van der Waals surface area contributed by atoms with Gasteiger partial charge < -0.3 is 14.5 Å². The molecule has 1 aromatic heterocycles. The summed E-state index contributed by atoms with van der Waals surface area (Å²) in [6.45, 7) is 3.70. The number of hydrogen-bond donors (Lipinski definition) is 1. The maximum absolute atomic E-state index is 12.2. The van der Waals surface area contributed by atoms with E-state index in [2.05, 4.69) is 14.9 Å². The lowest BCUT2D eigenvalue weighted by atomic mass is 10.1. The predicted octanol–water partition coefficient (Wildman–Crippen LogP) is -0.623. The number of ether oxygens (including phenoxy) is 2. The molecular formula is C12H22N4O4S. The minimum absolute atomic E-state index is 0.00119. The summed E-state index contributed by atoms with van der Waals surface area (Å²) in [5.74, 6) is 0. The van der Waals surface area contributed by atoms with Crippen molar-refractivity contribution in [3.63, 3.8) is 0 Å². The molecule has 2 rings (SSSR count). The molecule has 1 fully saturated rings. The van der Waals surface area contributed by atoms with Crippen LogP contribution in [0.25, 0.3) is 0 Å². The summed E-state index contributed by atoms with van der Waals surface area (Å²) in [5, 5.41) is 0.00119. The third kappa shape index (κ3) is 3.80. The van der Waals surface area contributed by atoms with Gasteiger partial charge in [-0.3, -0.25) is 4.90 Å². The Balaban J connectivity index is 1.91. The third-order valence-electron chi connectivity index (χ3n) is 3.57. The molecule has 0 saturated carbocycles. The van der Waals surface area contributed by atoms with Gasteiger partial charge in [-0.25, -0.2) is 13.4 Å². The van der Waals surface area contributed by atoms with Gasteiger partial charge in [-0.2, -0.15) is 4.31 Å². The van der Waals surface area contributed by atoms with Crippen LogP contribution in [-0.4, -0.2) is 87.2 Å². The highest BCUT2D eigenvalue weighted by molar-refractivity contribution is 7.89. The van der Waals surface area contributed by atoms with Crippen LogP contribution in [0.5, 0.6) is 0 Å². The fourth-order valence-electron chi connectivity index (χ4n) is 2.25. The first-order chi connectivity index (χ1) is 10.1. The van der Waals surface area contributed by atoms with Gasteiger partial charge in [0.25, 0.3) is 10.0 Å². The van der Waals surface area contributed by atoms with Crippen molar-refractivity contribution < 1.29 is 17.9 Å². The monoisotopic (exact) mass is 318 g/mol. The zero-order chi connectivity index (χ0) is 15.3. The van der Waals surface area contributed by atoms with Crippen LogP contribution < -0.4 is 0 Å². The summed E-state index contributed by atoms with van der Waals surface area (Å²) in [5.41, 5.74) is 0. The highest BCUT2D eigenvalue weighted by Crippen LogP contribution is 2.22. The highest BCUT2D eigenvalue weighted by atomic mass is 32.2. The van der Waals surface area contributed by atoms with Crippen molar-refractivity contribution in [1.82, 2.24) is 19.2 Å². The SMILES string of the molecule is COCCN(CCOC)C1CN(S(=O)(=O)c2ncc[nH]2)C1. The van der Waals surface area contributed by atoms with Crippen molar-refractivity contribution in [2.45, 2.75) is 11.2 Å². The summed E-state index contributed by atoms with van der Waals surface area (Å²) in [6.07, 6.45) is 2.95. The molecule has 1 saturated heterocycles. The van der Waals surface area contributed by atoms with Gasteiger partial charge in [-0.05, 0) is 0 Å². The number of sulfonamides is 1. The van der Waals surface area contributed by atoms with E-state index >= 15 is 0 Å². The first kappa shape index (κ1) is 16.4. The molecule has 0 unspecified atom stereocenters. The van der Waals surface area contributed by atoms with Crippen molar-refractivity contribution in [2.24, 2.45) is 0 Å². The number of hydrogen-bond acceptors (Lipinski definition) is 6. The number of imidazole rings is 1. The van der Waals surface area contributed by atoms with Crippen LogP contribution in [0.15, 0.2) is 17.6 Å². The lowest BCUT2D eigenvalue weighted by Crippen LogP contribution is -2.61. The average molecular weight is 318 g/mol. The Hall–Kier alpha value is -1.00. The zero-order valence-corrected chi connectivity index (χ0v) is 13.2. The van der Waals surface area contributed by atoms with Crippen LogP contribution >= 0.6 is 0 Å². The minimum Gasteiger partial charge on any atom is -0.383 e. The molecule has 120 valence electrons. The summed E-state index contributed by atoms with van der Waals surface area (Å²) >= 11 is 0. The van der Waals surface area contributed by atoms with Gasteiger partial charge in [-0.15, -0.1) is 0 Å². The first-order valence-corrected chi connectivity index (χ1v) is 8.25. The molecule has 0 bridgehead atoms. The molecule has 1 aliphatic heterocycles. The van der Waals surface area contributed by atoms with Crippen LogP contribution in [0, 0.1) is 0 Å². The van der Waals surface area contributed by atoms with E-state index in [0.717, 1.165) is 13.1 Å². The fraction of sp³-hybridized carbons (Fsp3) is 0.750. The molecule has 9 heteroatoms. The van der Waals surface area contributed by atoms with E-state index in [-0.39, 0.29) is 11.2 Å². The number of nitrogens with zero attached hydrogens (tertiary/aromatic N) is 3.